The Kier molecular flexibility index (Phi) is 10.3. The Balaban J connectivity index is 0.00000176. The van der Waals surface area contributed by atoms with Crippen molar-refractivity contribution in [1.29, 1.82) is 0 Å². The molecule has 0 saturated carbocycles. The largest absolute Gasteiger partial charge is 0.490 e. The first-order valence-electron chi connectivity index (χ1n) is 9.20. The number of rotatable bonds is 8. The van der Waals surface area contributed by atoms with E-state index in [0.29, 0.717) is 13.2 Å². The van der Waals surface area contributed by atoms with Gasteiger partial charge in [-0.2, -0.15) is 0 Å². The average molecular weight is 390 g/mol. The Morgan fingerprint density at radius 2 is 1.78 bits per heavy atom. The van der Waals surface area contributed by atoms with Gasteiger partial charge in [0.25, 0.3) is 0 Å². The summed E-state index contributed by atoms with van der Waals surface area (Å²) in [7, 11) is 1.55. The molecule has 0 saturated heterocycles. The number of hydrogen-bond acceptors (Lipinski definition) is 5. The summed E-state index contributed by atoms with van der Waals surface area (Å²) in [6.45, 7) is 13.1. The van der Waals surface area contributed by atoms with Crippen LogP contribution in [0.2, 0.25) is 0 Å². The molecule has 0 N–H and O–H groups in total. The Labute approximate surface area is 167 Å². The van der Waals surface area contributed by atoms with Crippen molar-refractivity contribution in [2.75, 3.05) is 13.7 Å². The Morgan fingerprint density at radius 1 is 1.11 bits per heavy atom. The zero-order valence-electron chi connectivity index (χ0n) is 17.5. The standard InChI is InChI=1S/C20H25NO3S.C2H6/c1-6-7-10-23-17-11-14(2)20(15(3)12-17)24-13-18-8-9-19(25-18)16(4)21-22-5;1-2/h6-9,11-12H,10,13H2,1-5H3;1-2H3/b7-6+,21-16-;. The molecule has 4 nitrogen and oxygen atoms in total. The lowest BCUT2D eigenvalue weighted by molar-refractivity contribution is 0.213. The Bertz CT molecular complexity index is 740. The molecule has 5 heteroatoms. The van der Waals surface area contributed by atoms with Crippen LogP contribution >= 0.6 is 11.3 Å². The van der Waals surface area contributed by atoms with Crippen LogP contribution in [0.1, 0.15) is 48.6 Å². The summed E-state index contributed by atoms with van der Waals surface area (Å²) in [6, 6.07) is 8.13. The van der Waals surface area contributed by atoms with Gasteiger partial charge in [-0.05, 0) is 63.1 Å². The van der Waals surface area contributed by atoms with Crippen molar-refractivity contribution < 1.29 is 14.3 Å². The molecule has 0 aliphatic heterocycles. The minimum Gasteiger partial charge on any atom is -0.490 e. The van der Waals surface area contributed by atoms with Crippen molar-refractivity contribution in [2.24, 2.45) is 5.16 Å². The molecule has 1 heterocycles. The molecule has 0 amide bonds. The normalized spacial score (nSPS) is 11.1. The maximum Gasteiger partial charge on any atom is 0.125 e. The van der Waals surface area contributed by atoms with E-state index in [1.165, 1.54) is 0 Å². The molecule has 1 aromatic carbocycles. The van der Waals surface area contributed by atoms with Crippen LogP contribution < -0.4 is 9.47 Å². The lowest BCUT2D eigenvalue weighted by Crippen LogP contribution is -2.00. The molecule has 0 spiro atoms. The molecule has 1 aromatic heterocycles. The molecule has 0 unspecified atom stereocenters. The van der Waals surface area contributed by atoms with Gasteiger partial charge in [-0.25, -0.2) is 0 Å². The molecular formula is C22H31NO3S. The number of thiophene rings is 1. The average Bonchev–Trinajstić information content (AvgIpc) is 3.12. The quantitative estimate of drug-likeness (QED) is 0.302. The van der Waals surface area contributed by atoms with Crippen molar-refractivity contribution in [3.63, 3.8) is 0 Å². The monoisotopic (exact) mass is 389 g/mol. The third-order valence-electron chi connectivity index (χ3n) is 3.62. The van der Waals surface area contributed by atoms with Crippen LogP contribution in [0.25, 0.3) is 0 Å². The highest BCUT2D eigenvalue weighted by atomic mass is 32.1. The van der Waals surface area contributed by atoms with Crippen LogP contribution in [-0.2, 0) is 11.4 Å². The number of benzene rings is 1. The van der Waals surface area contributed by atoms with Crippen molar-refractivity contribution >= 4 is 17.0 Å². The smallest absolute Gasteiger partial charge is 0.125 e. The molecule has 0 aliphatic rings. The fraction of sp³-hybridized carbons (Fsp3) is 0.409. The summed E-state index contributed by atoms with van der Waals surface area (Å²) < 4.78 is 11.8. The van der Waals surface area contributed by atoms with Gasteiger partial charge in [-0.15, -0.1) is 11.3 Å². The summed E-state index contributed by atoms with van der Waals surface area (Å²) in [6.07, 6.45) is 3.96. The van der Waals surface area contributed by atoms with Gasteiger partial charge < -0.3 is 14.3 Å². The molecule has 0 bridgehead atoms. The number of nitrogens with zero attached hydrogens (tertiary/aromatic N) is 1. The van der Waals surface area contributed by atoms with Gasteiger partial charge in [0.15, 0.2) is 0 Å². The number of ether oxygens (including phenoxy) is 2. The highest BCUT2D eigenvalue weighted by Crippen LogP contribution is 2.30. The lowest BCUT2D eigenvalue weighted by Gasteiger charge is -2.14. The zero-order valence-corrected chi connectivity index (χ0v) is 18.3. The maximum absolute atomic E-state index is 6.06. The van der Waals surface area contributed by atoms with E-state index in [1.807, 2.05) is 71.9 Å². The second-order valence-corrected chi connectivity index (χ2v) is 6.85. The highest BCUT2D eigenvalue weighted by molar-refractivity contribution is 7.14. The minimum atomic E-state index is 0.533. The number of oxime groups is 1. The fourth-order valence-corrected chi connectivity index (χ4v) is 3.29. The van der Waals surface area contributed by atoms with E-state index >= 15 is 0 Å². The molecule has 2 rings (SSSR count). The SMILES string of the molecule is C/C=C/COc1cc(C)c(OCc2ccc(/C(C)=N\OC)s2)c(C)c1.CC. The second-order valence-electron chi connectivity index (χ2n) is 5.68. The summed E-state index contributed by atoms with van der Waals surface area (Å²) in [4.78, 5) is 7.05. The predicted octanol–water partition coefficient (Wildman–Crippen LogP) is 6.30. The number of allylic oxidation sites excluding steroid dienone is 1. The third-order valence-corrected chi connectivity index (χ3v) is 4.79. The molecule has 27 heavy (non-hydrogen) atoms. The van der Waals surface area contributed by atoms with Gasteiger partial charge in [-0.1, -0.05) is 31.2 Å². The van der Waals surface area contributed by atoms with Crippen LogP contribution in [0.4, 0.5) is 0 Å². The topological polar surface area (TPSA) is 40.0 Å². The summed E-state index contributed by atoms with van der Waals surface area (Å²) in [5.74, 6) is 1.78. The predicted molar refractivity (Wildman–Crippen MR) is 115 cm³/mol. The molecule has 0 fully saturated rings. The van der Waals surface area contributed by atoms with Crippen molar-refractivity contribution in [2.45, 2.75) is 48.1 Å². The molecule has 0 aliphatic carbocycles. The maximum atomic E-state index is 6.06. The van der Waals surface area contributed by atoms with Crippen LogP contribution in [0.5, 0.6) is 11.5 Å². The van der Waals surface area contributed by atoms with E-state index in [-0.39, 0.29) is 0 Å². The van der Waals surface area contributed by atoms with Gasteiger partial charge in [-0.3, -0.25) is 0 Å². The van der Waals surface area contributed by atoms with Crippen LogP contribution in [0.3, 0.4) is 0 Å². The molecular weight excluding hydrogens is 358 g/mol. The van der Waals surface area contributed by atoms with Crippen molar-refractivity contribution in [1.82, 2.24) is 0 Å². The van der Waals surface area contributed by atoms with Crippen LogP contribution in [0, 0.1) is 13.8 Å². The lowest BCUT2D eigenvalue weighted by atomic mass is 10.1. The van der Waals surface area contributed by atoms with Gasteiger partial charge in [0.05, 0.1) is 10.6 Å². The van der Waals surface area contributed by atoms with Gasteiger partial charge >= 0.3 is 0 Å². The fourth-order valence-electron chi connectivity index (χ4n) is 2.44. The zero-order chi connectivity index (χ0) is 20.2. The van der Waals surface area contributed by atoms with Crippen LogP contribution in [0.15, 0.2) is 41.6 Å². The minimum absolute atomic E-state index is 0.533. The van der Waals surface area contributed by atoms with E-state index < -0.39 is 0 Å². The van der Waals surface area contributed by atoms with E-state index in [1.54, 1.807) is 18.4 Å². The summed E-state index contributed by atoms with van der Waals surface area (Å²) in [5.41, 5.74) is 3.02. The number of aryl methyl sites for hydroxylation is 2. The molecule has 0 atom stereocenters. The summed E-state index contributed by atoms with van der Waals surface area (Å²) >= 11 is 1.66. The summed E-state index contributed by atoms with van der Waals surface area (Å²) in [5, 5.41) is 3.96. The Morgan fingerprint density at radius 3 is 2.37 bits per heavy atom. The second kappa shape index (κ2) is 12.2. The van der Waals surface area contributed by atoms with E-state index in [0.717, 1.165) is 38.1 Å². The first-order chi connectivity index (χ1) is 13.0. The van der Waals surface area contributed by atoms with E-state index in [2.05, 4.69) is 11.2 Å². The molecule has 148 valence electrons. The van der Waals surface area contributed by atoms with Crippen molar-refractivity contribution in [3.8, 4) is 11.5 Å². The van der Waals surface area contributed by atoms with E-state index in [4.69, 9.17) is 14.3 Å². The van der Waals surface area contributed by atoms with Gasteiger partial charge in [0.2, 0.25) is 0 Å². The van der Waals surface area contributed by atoms with Gasteiger partial charge in [0.1, 0.15) is 31.8 Å². The van der Waals surface area contributed by atoms with Crippen LogP contribution in [-0.4, -0.2) is 19.4 Å². The Hall–Kier alpha value is -2.27. The van der Waals surface area contributed by atoms with Gasteiger partial charge in [0, 0.05) is 4.88 Å². The van der Waals surface area contributed by atoms with E-state index in [9.17, 15) is 0 Å². The number of hydrogen-bond donors (Lipinski definition) is 0. The highest BCUT2D eigenvalue weighted by Gasteiger charge is 2.09. The molecule has 0 radical (unpaired) electrons. The molecule has 2 aromatic rings. The first kappa shape index (κ1) is 22.8. The van der Waals surface area contributed by atoms with Crippen molar-refractivity contribution in [3.05, 3.63) is 57.3 Å². The third kappa shape index (κ3) is 7.10. The first-order valence-corrected chi connectivity index (χ1v) is 10.0.